The van der Waals surface area contributed by atoms with Gasteiger partial charge in [0.15, 0.2) is 0 Å². The Hall–Kier alpha value is -1.62. The maximum Gasteiger partial charge on any atom is 0.305 e. The number of unbranched alkanes of at least 4 members (excludes halogenated alkanes) is 20. The van der Waals surface area contributed by atoms with Gasteiger partial charge in [-0.3, -0.25) is 9.59 Å². The van der Waals surface area contributed by atoms with Crippen LogP contribution in [0.15, 0.2) is 24.3 Å². The van der Waals surface area contributed by atoms with E-state index in [9.17, 15) is 14.7 Å². The monoisotopic (exact) mass is 593 g/mol. The number of aliphatic hydroxyl groups excluding tert-OH is 1. The van der Waals surface area contributed by atoms with Crippen LogP contribution in [-0.2, 0) is 19.1 Å². The lowest BCUT2D eigenvalue weighted by Crippen LogP contribution is -2.25. The number of hydrogen-bond acceptors (Lipinski definition) is 5. The Balaban J connectivity index is 3.45. The number of rotatable bonds is 32. The number of esters is 2. The van der Waals surface area contributed by atoms with Gasteiger partial charge in [0, 0.05) is 12.8 Å². The first kappa shape index (κ1) is 40.4. The maximum absolute atomic E-state index is 11.9. The van der Waals surface area contributed by atoms with Crippen LogP contribution >= 0.6 is 0 Å². The molecule has 0 amide bonds. The first-order valence-electron chi connectivity index (χ1n) is 17.9. The molecule has 0 saturated carbocycles. The predicted octanol–water partition coefficient (Wildman–Crippen LogP) is 10.7. The average molecular weight is 593 g/mol. The molecule has 0 fully saturated rings. The van der Waals surface area contributed by atoms with Gasteiger partial charge in [-0.05, 0) is 44.9 Å². The van der Waals surface area contributed by atoms with Gasteiger partial charge in [0.05, 0.1) is 0 Å². The standard InChI is InChI=1S/C37H68O5/c1-3-5-7-9-11-13-15-17-18-20-22-24-26-28-30-32-37(40)42-34-35(38)33-41-36(39)31-29-27-25-23-21-19-16-14-12-10-8-6-4-2/h11,13,17-18,35,38H,3-10,12,14-16,19-34H2,1-2H3/b13-11-,18-17-. The minimum Gasteiger partial charge on any atom is -0.463 e. The van der Waals surface area contributed by atoms with Crippen molar-refractivity contribution in [1.29, 1.82) is 0 Å². The lowest BCUT2D eigenvalue weighted by atomic mass is 10.0. The van der Waals surface area contributed by atoms with Crippen molar-refractivity contribution < 1.29 is 24.2 Å². The fraction of sp³-hybridized carbons (Fsp3) is 0.838. The molecule has 0 rings (SSSR count). The zero-order chi connectivity index (χ0) is 30.8. The van der Waals surface area contributed by atoms with Crippen molar-refractivity contribution in [2.24, 2.45) is 0 Å². The summed E-state index contributed by atoms with van der Waals surface area (Å²) in [6.45, 7) is 4.26. The van der Waals surface area contributed by atoms with E-state index in [4.69, 9.17) is 9.47 Å². The summed E-state index contributed by atoms with van der Waals surface area (Å²) in [5.74, 6) is -0.577. The van der Waals surface area contributed by atoms with Crippen LogP contribution in [0.1, 0.15) is 181 Å². The smallest absolute Gasteiger partial charge is 0.305 e. The first-order valence-corrected chi connectivity index (χ1v) is 17.9. The minimum absolute atomic E-state index is 0.117. The van der Waals surface area contributed by atoms with E-state index in [0.717, 1.165) is 51.4 Å². The highest BCUT2D eigenvalue weighted by atomic mass is 16.6. The molecule has 1 atom stereocenters. The molecule has 1 N–H and O–H groups in total. The second-order valence-electron chi connectivity index (χ2n) is 12.0. The number of ether oxygens (including phenoxy) is 2. The van der Waals surface area contributed by atoms with Gasteiger partial charge in [-0.15, -0.1) is 0 Å². The molecule has 0 heterocycles. The molecule has 5 heteroatoms. The quantitative estimate of drug-likeness (QED) is 0.0478. The number of allylic oxidation sites excluding steroid dienone is 4. The van der Waals surface area contributed by atoms with Gasteiger partial charge in [0.2, 0.25) is 0 Å². The number of carbonyl (C=O) groups excluding carboxylic acids is 2. The van der Waals surface area contributed by atoms with E-state index in [1.54, 1.807) is 0 Å². The molecule has 1 unspecified atom stereocenters. The molecule has 0 aromatic carbocycles. The van der Waals surface area contributed by atoms with Crippen molar-refractivity contribution in [3.8, 4) is 0 Å². The van der Waals surface area contributed by atoms with Crippen molar-refractivity contribution in [3.63, 3.8) is 0 Å². The summed E-state index contributed by atoms with van der Waals surface area (Å²) < 4.78 is 10.3. The lowest BCUT2D eigenvalue weighted by molar-refractivity contribution is -0.152. The molecule has 42 heavy (non-hydrogen) atoms. The van der Waals surface area contributed by atoms with Crippen LogP contribution in [0.5, 0.6) is 0 Å². The van der Waals surface area contributed by atoms with Gasteiger partial charge in [0.25, 0.3) is 0 Å². The van der Waals surface area contributed by atoms with Crippen LogP contribution in [-0.4, -0.2) is 36.4 Å². The molecule has 0 aliphatic heterocycles. The second kappa shape index (κ2) is 33.9. The Morgan fingerprint density at radius 3 is 1.26 bits per heavy atom. The van der Waals surface area contributed by atoms with Crippen molar-refractivity contribution in [1.82, 2.24) is 0 Å². The van der Waals surface area contributed by atoms with Crippen LogP contribution in [0, 0.1) is 0 Å². The van der Waals surface area contributed by atoms with Crippen LogP contribution in [0.3, 0.4) is 0 Å². The molecule has 0 spiro atoms. The zero-order valence-electron chi connectivity index (χ0n) is 27.8. The predicted molar refractivity (Wildman–Crippen MR) is 178 cm³/mol. The van der Waals surface area contributed by atoms with E-state index in [1.165, 1.54) is 103 Å². The molecule has 246 valence electrons. The van der Waals surface area contributed by atoms with Crippen LogP contribution in [0.2, 0.25) is 0 Å². The lowest BCUT2D eigenvalue weighted by Gasteiger charge is -2.12. The minimum atomic E-state index is -0.964. The largest absolute Gasteiger partial charge is 0.463 e. The van der Waals surface area contributed by atoms with Gasteiger partial charge in [-0.25, -0.2) is 0 Å². The Kier molecular flexibility index (Phi) is 32.6. The van der Waals surface area contributed by atoms with E-state index in [0.29, 0.717) is 12.8 Å². The molecule has 0 aromatic rings. The summed E-state index contributed by atoms with van der Waals surface area (Å²) in [5.41, 5.74) is 0. The second-order valence-corrected chi connectivity index (χ2v) is 12.0. The van der Waals surface area contributed by atoms with Crippen LogP contribution in [0.25, 0.3) is 0 Å². The summed E-state index contributed by atoms with van der Waals surface area (Å²) in [6, 6.07) is 0. The summed E-state index contributed by atoms with van der Waals surface area (Å²) in [7, 11) is 0. The van der Waals surface area contributed by atoms with E-state index in [-0.39, 0.29) is 25.2 Å². The molecule has 0 radical (unpaired) electrons. The van der Waals surface area contributed by atoms with E-state index in [2.05, 4.69) is 38.2 Å². The fourth-order valence-electron chi connectivity index (χ4n) is 4.94. The Labute approximate surface area is 260 Å². The third-order valence-electron chi connectivity index (χ3n) is 7.69. The number of hydrogen-bond donors (Lipinski definition) is 1. The first-order chi connectivity index (χ1) is 20.6. The van der Waals surface area contributed by atoms with E-state index in [1.807, 2.05) is 0 Å². The molecular weight excluding hydrogens is 524 g/mol. The molecule has 5 nitrogen and oxygen atoms in total. The van der Waals surface area contributed by atoms with Gasteiger partial charge in [-0.2, -0.15) is 0 Å². The summed E-state index contributed by atoms with van der Waals surface area (Å²) in [4.78, 5) is 23.8. The van der Waals surface area contributed by atoms with E-state index >= 15 is 0 Å². The average Bonchev–Trinajstić information content (AvgIpc) is 2.99. The molecule has 0 bridgehead atoms. The Morgan fingerprint density at radius 1 is 0.500 bits per heavy atom. The van der Waals surface area contributed by atoms with Crippen LogP contribution in [0.4, 0.5) is 0 Å². The third-order valence-corrected chi connectivity index (χ3v) is 7.69. The number of carbonyl (C=O) groups is 2. The van der Waals surface area contributed by atoms with Crippen molar-refractivity contribution in [2.45, 2.75) is 187 Å². The van der Waals surface area contributed by atoms with Gasteiger partial charge >= 0.3 is 11.9 Å². The molecule has 0 aromatic heterocycles. The topological polar surface area (TPSA) is 72.8 Å². The van der Waals surface area contributed by atoms with Crippen molar-refractivity contribution >= 4 is 11.9 Å². The SMILES string of the molecule is CCCCC/C=C\C/C=C\CCCCCCCC(=O)OCC(O)COC(=O)CCCCCCCCCCCCCCC. The van der Waals surface area contributed by atoms with E-state index < -0.39 is 6.10 Å². The Bertz CT molecular complexity index is 642. The molecule has 0 saturated heterocycles. The highest BCUT2D eigenvalue weighted by Gasteiger charge is 2.12. The summed E-state index contributed by atoms with van der Waals surface area (Å²) in [5, 5.41) is 9.97. The Morgan fingerprint density at radius 2 is 0.833 bits per heavy atom. The molecule has 0 aliphatic rings. The normalized spacial score (nSPS) is 12.4. The third kappa shape index (κ3) is 32.9. The highest BCUT2D eigenvalue weighted by molar-refractivity contribution is 5.69. The van der Waals surface area contributed by atoms with Gasteiger partial charge < -0.3 is 14.6 Å². The van der Waals surface area contributed by atoms with Crippen molar-refractivity contribution in [2.75, 3.05) is 13.2 Å². The summed E-state index contributed by atoms with van der Waals surface area (Å²) >= 11 is 0. The van der Waals surface area contributed by atoms with Gasteiger partial charge in [-0.1, -0.05) is 147 Å². The molecular formula is C37H68O5. The van der Waals surface area contributed by atoms with Crippen LogP contribution < -0.4 is 0 Å². The van der Waals surface area contributed by atoms with Gasteiger partial charge in [0.1, 0.15) is 19.3 Å². The summed E-state index contributed by atoms with van der Waals surface area (Å²) in [6.07, 6.45) is 37.9. The fourth-order valence-corrected chi connectivity index (χ4v) is 4.94. The molecule has 0 aliphatic carbocycles. The van der Waals surface area contributed by atoms with Crippen molar-refractivity contribution in [3.05, 3.63) is 24.3 Å². The maximum atomic E-state index is 11.9. The highest BCUT2D eigenvalue weighted by Crippen LogP contribution is 2.13. The number of aliphatic hydroxyl groups is 1. The zero-order valence-corrected chi connectivity index (χ0v) is 27.8.